The molecule has 0 spiro atoms. The molecule has 0 N–H and O–H groups in total. The molecule has 0 radical (unpaired) electrons. The third-order valence-corrected chi connectivity index (χ3v) is 5.13. The van der Waals surface area contributed by atoms with Crippen molar-refractivity contribution in [1.29, 1.82) is 0 Å². The van der Waals surface area contributed by atoms with E-state index in [1.54, 1.807) is 34.9 Å². The van der Waals surface area contributed by atoms with Gasteiger partial charge in [-0.2, -0.15) is 0 Å². The van der Waals surface area contributed by atoms with Crippen molar-refractivity contribution in [3.05, 3.63) is 91.3 Å². The lowest BCUT2D eigenvalue weighted by Gasteiger charge is -2.11. The van der Waals surface area contributed by atoms with E-state index >= 15 is 0 Å². The zero-order chi connectivity index (χ0) is 17.4. The van der Waals surface area contributed by atoms with Crippen LogP contribution in [0, 0.1) is 0 Å². The minimum Gasteiger partial charge on any atom is -0.467 e. The molecule has 0 aliphatic carbocycles. The van der Waals surface area contributed by atoms with Crippen LogP contribution in [0.3, 0.4) is 0 Å². The molecule has 5 nitrogen and oxygen atoms in total. The van der Waals surface area contributed by atoms with Gasteiger partial charge in [0.05, 0.1) is 24.9 Å². The summed E-state index contributed by atoms with van der Waals surface area (Å²) in [5.74, 6) is 0.563. The molecule has 4 aromatic rings. The van der Waals surface area contributed by atoms with Gasteiger partial charge in [-0.05, 0) is 41.3 Å². The standard InChI is InChI=1S/C18H13ClN2O3S/c19-13-5-3-12(4-6-13)10-20-15-7-9-25-16(15)17(22)21(18(20)23)11-14-2-1-8-24-14/h1-9H,10-11H2. The topological polar surface area (TPSA) is 57.1 Å². The maximum absolute atomic E-state index is 13.0. The lowest BCUT2D eigenvalue weighted by Crippen LogP contribution is -2.40. The molecule has 0 bridgehead atoms. The molecule has 0 saturated heterocycles. The van der Waals surface area contributed by atoms with Crippen molar-refractivity contribution in [3.63, 3.8) is 0 Å². The van der Waals surface area contributed by atoms with Crippen LogP contribution in [-0.4, -0.2) is 9.13 Å². The maximum Gasteiger partial charge on any atom is 0.332 e. The first kappa shape index (κ1) is 15.9. The molecular formula is C18H13ClN2O3S. The molecule has 3 aromatic heterocycles. The summed E-state index contributed by atoms with van der Waals surface area (Å²) in [6.07, 6.45) is 1.52. The second-order valence-corrected chi connectivity index (χ2v) is 6.95. The maximum atomic E-state index is 13.0. The van der Waals surface area contributed by atoms with Gasteiger partial charge < -0.3 is 4.42 Å². The van der Waals surface area contributed by atoms with Crippen molar-refractivity contribution in [2.75, 3.05) is 0 Å². The quantitative estimate of drug-likeness (QED) is 0.550. The van der Waals surface area contributed by atoms with Gasteiger partial charge in [-0.25, -0.2) is 4.79 Å². The number of thiophene rings is 1. The van der Waals surface area contributed by atoms with Crippen LogP contribution in [0.5, 0.6) is 0 Å². The van der Waals surface area contributed by atoms with E-state index in [0.29, 0.717) is 27.5 Å². The van der Waals surface area contributed by atoms with Crippen molar-refractivity contribution in [1.82, 2.24) is 9.13 Å². The van der Waals surface area contributed by atoms with Crippen LogP contribution in [0.2, 0.25) is 5.02 Å². The van der Waals surface area contributed by atoms with Crippen LogP contribution >= 0.6 is 22.9 Å². The smallest absolute Gasteiger partial charge is 0.332 e. The predicted octanol–water partition coefficient (Wildman–Crippen LogP) is 3.57. The lowest BCUT2D eigenvalue weighted by molar-refractivity contribution is 0.479. The molecule has 0 aliphatic heterocycles. The van der Waals surface area contributed by atoms with Gasteiger partial charge in [0.1, 0.15) is 10.5 Å². The van der Waals surface area contributed by atoms with Gasteiger partial charge in [-0.15, -0.1) is 11.3 Å². The average Bonchev–Trinajstić information content (AvgIpc) is 3.29. The van der Waals surface area contributed by atoms with E-state index in [0.717, 1.165) is 5.56 Å². The number of halogens is 1. The molecular weight excluding hydrogens is 360 g/mol. The first-order chi connectivity index (χ1) is 12.1. The number of furan rings is 1. The Labute approximate surface area is 151 Å². The lowest BCUT2D eigenvalue weighted by atomic mass is 10.2. The van der Waals surface area contributed by atoms with Crippen LogP contribution in [0.4, 0.5) is 0 Å². The molecule has 25 heavy (non-hydrogen) atoms. The number of nitrogens with zero attached hydrogens (tertiary/aromatic N) is 2. The van der Waals surface area contributed by atoms with Gasteiger partial charge in [0.25, 0.3) is 5.56 Å². The summed E-state index contributed by atoms with van der Waals surface area (Å²) in [6, 6.07) is 12.6. The summed E-state index contributed by atoms with van der Waals surface area (Å²) in [4.78, 5) is 25.6. The van der Waals surface area contributed by atoms with Crippen molar-refractivity contribution in [2.24, 2.45) is 0 Å². The fourth-order valence-electron chi connectivity index (χ4n) is 2.76. The summed E-state index contributed by atoms with van der Waals surface area (Å²) >= 11 is 7.26. The van der Waals surface area contributed by atoms with Crippen LogP contribution in [0.1, 0.15) is 11.3 Å². The number of hydrogen-bond acceptors (Lipinski definition) is 4. The average molecular weight is 373 g/mol. The van der Waals surface area contributed by atoms with Gasteiger partial charge in [0.15, 0.2) is 0 Å². The number of fused-ring (bicyclic) bond motifs is 1. The van der Waals surface area contributed by atoms with Gasteiger partial charge in [-0.3, -0.25) is 13.9 Å². The second-order valence-electron chi connectivity index (χ2n) is 5.60. The first-order valence-electron chi connectivity index (χ1n) is 7.61. The Morgan fingerprint density at radius 2 is 1.80 bits per heavy atom. The van der Waals surface area contributed by atoms with Crippen molar-refractivity contribution < 1.29 is 4.42 Å². The van der Waals surface area contributed by atoms with E-state index in [4.69, 9.17) is 16.0 Å². The summed E-state index contributed by atoms with van der Waals surface area (Å²) in [5.41, 5.74) is 0.925. The molecule has 0 fully saturated rings. The number of benzene rings is 1. The molecule has 1 aromatic carbocycles. The van der Waals surface area contributed by atoms with E-state index < -0.39 is 0 Å². The highest BCUT2D eigenvalue weighted by atomic mass is 35.5. The first-order valence-corrected chi connectivity index (χ1v) is 8.87. The highest BCUT2D eigenvalue weighted by Crippen LogP contribution is 2.17. The van der Waals surface area contributed by atoms with E-state index in [1.807, 2.05) is 17.5 Å². The molecule has 0 atom stereocenters. The number of aromatic nitrogens is 2. The Hall–Kier alpha value is -2.57. The van der Waals surface area contributed by atoms with E-state index in [9.17, 15) is 9.59 Å². The fraction of sp³-hybridized carbons (Fsp3) is 0.111. The molecule has 126 valence electrons. The molecule has 7 heteroatoms. The van der Waals surface area contributed by atoms with Crippen molar-refractivity contribution in [2.45, 2.75) is 13.1 Å². The molecule has 0 unspecified atom stereocenters. The normalized spacial score (nSPS) is 11.2. The zero-order valence-electron chi connectivity index (χ0n) is 13.0. The van der Waals surface area contributed by atoms with E-state index in [2.05, 4.69) is 0 Å². The van der Waals surface area contributed by atoms with Gasteiger partial charge in [0, 0.05) is 5.02 Å². The molecule has 0 aliphatic rings. The Kier molecular flexibility index (Phi) is 4.07. The second kappa shape index (κ2) is 6.38. The summed E-state index contributed by atoms with van der Waals surface area (Å²) in [5, 5.41) is 2.46. The minimum atomic E-state index is -0.359. The van der Waals surface area contributed by atoms with Crippen LogP contribution in [0.15, 0.2) is 68.1 Å². The summed E-state index contributed by atoms with van der Waals surface area (Å²) < 4.78 is 8.68. The highest BCUT2D eigenvalue weighted by Gasteiger charge is 2.15. The van der Waals surface area contributed by atoms with Crippen molar-refractivity contribution in [3.8, 4) is 0 Å². The third kappa shape index (κ3) is 2.94. The predicted molar refractivity (Wildman–Crippen MR) is 98.7 cm³/mol. The molecule has 3 heterocycles. The molecule has 0 saturated carbocycles. The highest BCUT2D eigenvalue weighted by molar-refractivity contribution is 7.17. The Morgan fingerprint density at radius 1 is 1.00 bits per heavy atom. The monoisotopic (exact) mass is 372 g/mol. The fourth-order valence-corrected chi connectivity index (χ4v) is 3.73. The van der Waals surface area contributed by atoms with E-state index in [-0.39, 0.29) is 17.8 Å². The SMILES string of the molecule is O=c1c2sccc2n(Cc2ccc(Cl)cc2)c(=O)n1Cc1ccco1. The van der Waals surface area contributed by atoms with Gasteiger partial charge in [-0.1, -0.05) is 23.7 Å². The molecule has 0 amide bonds. The Morgan fingerprint density at radius 3 is 2.52 bits per heavy atom. The van der Waals surface area contributed by atoms with Gasteiger partial charge >= 0.3 is 5.69 Å². The number of rotatable bonds is 4. The number of hydrogen-bond donors (Lipinski definition) is 0. The molecule has 4 rings (SSSR count). The summed E-state index contributed by atoms with van der Waals surface area (Å²) in [7, 11) is 0. The Balaban J connectivity index is 1.88. The zero-order valence-corrected chi connectivity index (χ0v) is 14.6. The van der Waals surface area contributed by atoms with Gasteiger partial charge in [0.2, 0.25) is 0 Å². The van der Waals surface area contributed by atoms with Crippen LogP contribution in [0.25, 0.3) is 10.2 Å². The van der Waals surface area contributed by atoms with Crippen LogP contribution in [-0.2, 0) is 13.1 Å². The largest absolute Gasteiger partial charge is 0.467 e. The Bertz CT molecular complexity index is 1140. The summed E-state index contributed by atoms with van der Waals surface area (Å²) in [6.45, 7) is 0.473. The minimum absolute atomic E-state index is 0.110. The van der Waals surface area contributed by atoms with Crippen LogP contribution < -0.4 is 11.2 Å². The van der Waals surface area contributed by atoms with Crippen molar-refractivity contribution >= 4 is 33.2 Å². The van der Waals surface area contributed by atoms with E-state index in [1.165, 1.54) is 22.2 Å². The third-order valence-electron chi connectivity index (χ3n) is 3.98.